The molecule has 4 rings (SSSR count). The number of benzene rings is 3. The van der Waals surface area contributed by atoms with Gasteiger partial charge in [0, 0.05) is 6.54 Å². The predicted molar refractivity (Wildman–Crippen MR) is 150 cm³/mol. The molecule has 2 atom stereocenters. The van der Waals surface area contributed by atoms with Crippen molar-refractivity contribution in [2.24, 2.45) is 0 Å². The Labute approximate surface area is 233 Å². The summed E-state index contributed by atoms with van der Waals surface area (Å²) in [6.07, 6.45) is 1.32. The molecule has 0 saturated heterocycles. The number of sulfonamides is 1. The average molecular weight is 571 g/mol. The van der Waals surface area contributed by atoms with Gasteiger partial charge in [-0.3, -0.25) is 0 Å². The molecule has 3 aromatic carbocycles. The molecule has 0 unspecified atom stereocenters. The summed E-state index contributed by atoms with van der Waals surface area (Å²) in [6, 6.07) is 20.7. The average Bonchev–Trinajstić information content (AvgIpc) is 2.95. The first-order valence-electron chi connectivity index (χ1n) is 13.1. The maximum Gasteiger partial charge on any atom is 0.417 e. The normalized spacial score (nSPS) is 15.7. The summed E-state index contributed by atoms with van der Waals surface area (Å²) < 4.78 is 76.7. The highest BCUT2D eigenvalue weighted by Gasteiger charge is 2.38. The minimum Gasteiger partial charge on any atom is -0.376 e. The summed E-state index contributed by atoms with van der Waals surface area (Å²) >= 11 is 0. The Morgan fingerprint density at radius 2 is 1.43 bits per heavy atom. The third-order valence-electron chi connectivity index (χ3n) is 6.74. The molecule has 2 N–H and O–H groups in total. The zero-order valence-corrected chi connectivity index (χ0v) is 23.0. The molecular weight excluding hydrogens is 537 g/mol. The summed E-state index contributed by atoms with van der Waals surface area (Å²) in [4.78, 5) is -0.816. The zero-order chi connectivity index (χ0) is 28.6. The molecule has 5 nitrogen and oxygen atoms in total. The highest BCUT2D eigenvalue weighted by atomic mass is 32.2. The molecule has 0 fully saturated rings. The van der Waals surface area contributed by atoms with Gasteiger partial charge in [-0.05, 0) is 48.6 Å². The summed E-state index contributed by atoms with van der Waals surface area (Å²) in [6.45, 7) is 3.37. The first-order valence-corrected chi connectivity index (χ1v) is 14.6. The van der Waals surface area contributed by atoms with Gasteiger partial charge in [0.15, 0.2) is 0 Å². The van der Waals surface area contributed by atoms with Gasteiger partial charge < -0.3 is 10.1 Å². The van der Waals surface area contributed by atoms with Crippen molar-refractivity contribution in [3.63, 3.8) is 0 Å². The van der Waals surface area contributed by atoms with E-state index in [1.54, 1.807) is 30.3 Å². The Kier molecular flexibility index (Phi) is 9.97. The largest absolute Gasteiger partial charge is 0.417 e. The lowest BCUT2D eigenvalue weighted by atomic mass is 9.94. The Morgan fingerprint density at radius 3 is 2.02 bits per heavy atom. The molecule has 1 aliphatic rings. The van der Waals surface area contributed by atoms with Crippen LogP contribution in [-0.2, 0) is 20.9 Å². The molecular formula is C31H33F3N2O3S. The van der Waals surface area contributed by atoms with E-state index in [2.05, 4.69) is 29.1 Å². The molecule has 0 saturated carbocycles. The highest BCUT2D eigenvalue weighted by molar-refractivity contribution is 7.89. The number of alkyl halides is 3. The van der Waals surface area contributed by atoms with E-state index in [4.69, 9.17) is 4.74 Å². The molecule has 212 valence electrons. The van der Waals surface area contributed by atoms with E-state index < -0.39 is 38.7 Å². The van der Waals surface area contributed by atoms with Gasteiger partial charge in [0.05, 0.1) is 35.8 Å². The van der Waals surface area contributed by atoms with Gasteiger partial charge in [-0.25, -0.2) is 13.1 Å². The Morgan fingerprint density at radius 1 is 0.825 bits per heavy atom. The minimum atomic E-state index is -4.83. The van der Waals surface area contributed by atoms with E-state index in [1.807, 2.05) is 30.3 Å². The first kappa shape index (κ1) is 29.7. The lowest BCUT2D eigenvalue weighted by molar-refractivity contribution is -0.139. The third-order valence-corrected chi connectivity index (χ3v) is 8.24. The number of allylic oxidation sites excluding steroid dienone is 3. The van der Waals surface area contributed by atoms with Crippen molar-refractivity contribution in [1.29, 1.82) is 0 Å². The van der Waals surface area contributed by atoms with Crippen LogP contribution in [0.3, 0.4) is 0 Å². The number of halogens is 3. The summed E-state index contributed by atoms with van der Waals surface area (Å²) in [5.41, 5.74) is 2.71. The van der Waals surface area contributed by atoms with Crippen molar-refractivity contribution in [1.82, 2.24) is 10.0 Å². The van der Waals surface area contributed by atoms with Gasteiger partial charge in [0.1, 0.15) is 0 Å². The van der Waals surface area contributed by atoms with Crippen LogP contribution >= 0.6 is 0 Å². The van der Waals surface area contributed by atoms with E-state index in [9.17, 15) is 21.6 Å². The smallest absolute Gasteiger partial charge is 0.376 e. The number of ether oxygens (including phenoxy) is 1. The van der Waals surface area contributed by atoms with Gasteiger partial charge in [0.25, 0.3) is 0 Å². The van der Waals surface area contributed by atoms with E-state index >= 15 is 0 Å². The molecule has 0 aromatic heterocycles. The van der Waals surface area contributed by atoms with Crippen molar-refractivity contribution < 1.29 is 26.3 Å². The van der Waals surface area contributed by atoms with Gasteiger partial charge in [0.2, 0.25) is 10.0 Å². The first-order chi connectivity index (χ1) is 19.1. The van der Waals surface area contributed by atoms with Gasteiger partial charge in [-0.15, -0.1) is 0 Å². The molecule has 40 heavy (non-hydrogen) atoms. The van der Waals surface area contributed by atoms with Crippen LogP contribution in [0.4, 0.5) is 13.2 Å². The number of rotatable bonds is 12. The molecule has 0 amide bonds. The van der Waals surface area contributed by atoms with Gasteiger partial charge >= 0.3 is 6.18 Å². The fourth-order valence-electron chi connectivity index (χ4n) is 4.63. The van der Waals surface area contributed by atoms with E-state index in [0.717, 1.165) is 30.5 Å². The van der Waals surface area contributed by atoms with Crippen LogP contribution in [-0.4, -0.2) is 28.2 Å². The van der Waals surface area contributed by atoms with Crippen molar-refractivity contribution in [3.8, 4) is 0 Å². The van der Waals surface area contributed by atoms with Crippen LogP contribution in [0.25, 0.3) is 0 Å². The predicted octanol–water partition coefficient (Wildman–Crippen LogP) is 6.74. The standard InChI is InChI=1S/C31H33F3N2O3S/c1-23-16-18-24(19-17-23)22-39-21-20-35-29(25-10-4-2-5-11-25)30(26-12-6-3-7-13-26)36-40(37,38)28-15-9-8-14-27(28)31(32,33)34/h2-16,19,29-30,35-36H,17-18,20-22H2,1H3/t29-,30-/m1/s1. The van der Waals surface area contributed by atoms with Gasteiger partial charge in [-0.2, -0.15) is 13.2 Å². The number of hydrogen-bond acceptors (Lipinski definition) is 4. The van der Waals surface area contributed by atoms with Crippen LogP contribution in [0, 0.1) is 0 Å². The maximum atomic E-state index is 13.7. The second kappa shape index (κ2) is 13.4. The molecule has 1 aliphatic carbocycles. The topological polar surface area (TPSA) is 67.4 Å². The van der Waals surface area contributed by atoms with Crippen molar-refractivity contribution >= 4 is 10.0 Å². The Hall–Kier alpha value is -3.24. The summed E-state index contributed by atoms with van der Waals surface area (Å²) in [7, 11) is -4.58. The van der Waals surface area contributed by atoms with E-state index in [-0.39, 0.29) is 0 Å². The molecule has 0 heterocycles. The van der Waals surface area contributed by atoms with Gasteiger partial charge in [-0.1, -0.05) is 90.5 Å². The molecule has 0 aliphatic heterocycles. The number of hydrogen-bond donors (Lipinski definition) is 2. The molecule has 0 bridgehead atoms. The molecule has 0 spiro atoms. The lowest BCUT2D eigenvalue weighted by Gasteiger charge is -2.30. The molecule has 9 heteroatoms. The lowest BCUT2D eigenvalue weighted by Crippen LogP contribution is -2.40. The van der Waals surface area contributed by atoms with Crippen LogP contribution in [0.2, 0.25) is 0 Å². The van der Waals surface area contributed by atoms with Crippen molar-refractivity contribution in [2.45, 2.75) is 42.9 Å². The maximum absolute atomic E-state index is 13.7. The van der Waals surface area contributed by atoms with E-state index in [0.29, 0.717) is 25.3 Å². The minimum absolute atomic E-state index is 0.370. The summed E-state index contributed by atoms with van der Waals surface area (Å²) in [5, 5.41) is 3.39. The van der Waals surface area contributed by atoms with Crippen molar-refractivity contribution in [3.05, 3.63) is 125 Å². The van der Waals surface area contributed by atoms with Crippen LogP contribution in [0.5, 0.6) is 0 Å². The Bertz CT molecular complexity index is 1420. The van der Waals surface area contributed by atoms with Crippen LogP contribution in [0.15, 0.2) is 113 Å². The fraction of sp³-hybridized carbons (Fsp3) is 0.290. The Balaban J connectivity index is 1.59. The van der Waals surface area contributed by atoms with E-state index in [1.165, 1.54) is 23.3 Å². The highest BCUT2D eigenvalue weighted by Crippen LogP contribution is 2.36. The number of nitrogens with one attached hydrogen (secondary N) is 2. The van der Waals surface area contributed by atoms with Crippen LogP contribution in [0.1, 0.15) is 48.5 Å². The van der Waals surface area contributed by atoms with Crippen LogP contribution < -0.4 is 10.0 Å². The molecule has 0 radical (unpaired) electrons. The SMILES string of the molecule is CC1=CCC(COCCN[C@H](c2ccccc2)[C@H](NS(=O)(=O)c2ccccc2C(F)(F)F)c2ccccc2)=CC1. The quantitative estimate of drug-likeness (QED) is 0.187. The second-order valence-electron chi connectivity index (χ2n) is 9.72. The zero-order valence-electron chi connectivity index (χ0n) is 22.2. The monoisotopic (exact) mass is 570 g/mol. The fourth-order valence-corrected chi connectivity index (χ4v) is 6.09. The van der Waals surface area contributed by atoms with Crippen molar-refractivity contribution in [2.75, 3.05) is 19.8 Å². The second-order valence-corrected chi connectivity index (χ2v) is 11.4. The summed E-state index contributed by atoms with van der Waals surface area (Å²) in [5.74, 6) is 0. The molecule has 3 aromatic rings. The third kappa shape index (κ3) is 7.91.